The highest BCUT2D eigenvalue weighted by Gasteiger charge is 2.23. The van der Waals surface area contributed by atoms with Gasteiger partial charge in [-0.05, 0) is 13.8 Å². The van der Waals surface area contributed by atoms with Gasteiger partial charge in [0.2, 0.25) is 0 Å². The van der Waals surface area contributed by atoms with Crippen LogP contribution in [0.3, 0.4) is 0 Å². The molecule has 0 bridgehead atoms. The van der Waals surface area contributed by atoms with Crippen molar-refractivity contribution in [3.8, 4) is 0 Å². The third-order valence-electron chi connectivity index (χ3n) is 1.89. The van der Waals surface area contributed by atoms with Crippen molar-refractivity contribution in [1.82, 2.24) is 14.9 Å². The Kier molecular flexibility index (Phi) is 4.02. The smallest absolute Gasteiger partial charge is 0.340 e. The van der Waals surface area contributed by atoms with Crippen molar-refractivity contribution in [2.24, 2.45) is 0 Å². The van der Waals surface area contributed by atoms with E-state index < -0.39 is 21.0 Å². The summed E-state index contributed by atoms with van der Waals surface area (Å²) in [4.78, 5) is 10.7. The molecule has 1 rings (SSSR count). The van der Waals surface area contributed by atoms with Crippen molar-refractivity contribution in [3.63, 3.8) is 0 Å². The van der Waals surface area contributed by atoms with Gasteiger partial charge in [0.15, 0.2) is 5.03 Å². The maximum atomic E-state index is 11.7. The van der Waals surface area contributed by atoms with Crippen LogP contribution >= 0.6 is 0 Å². The van der Waals surface area contributed by atoms with Crippen LogP contribution in [-0.4, -0.2) is 36.2 Å². The summed E-state index contributed by atoms with van der Waals surface area (Å²) in [5, 5.41) is 13.9. The lowest BCUT2D eigenvalue weighted by Crippen LogP contribution is -2.25. The largest absolute Gasteiger partial charge is 0.478 e. The third-order valence-corrected chi connectivity index (χ3v) is 3.28. The average molecular weight is 259 g/mol. The summed E-state index contributed by atoms with van der Waals surface area (Å²) in [5.41, 5.74) is 0.575. The first-order chi connectivity index (χ1) is 7.84. The zero-order valence-electron chi connectivity index (χ0n) is 9.39. The number of carboxylic acid groups (broad SMARTS) is 1. The summed E-state index contributed by atoms with van der Waals surface area (Å²) < 4.78 is 25.7. The number of nitrogens with one attached hydrogen (secondary N) is 2. The van der Waals surface area contributed by atoms with Crippen LogP contribution in [0.5, 0.6) is 0 Å². The van der Waals surface area contributed by atoms with Crippen LogP contribution in [0.4, 0.5) is 0 Å². The number of allylic oxidation sites excluding steroid dienone is 1. The first kappa shape index (κ1) is 13.4. The summed E-state index contributed by atoms with van der Waals surface area (Å²) in [5.74, 6) is -1.35. The fraction of sp³-hybridized carbons (Fsp3) is 0.333. The Morgan fingerprint density at radius 3 is 2.76 bits per heavy atom. The Morgan fingerprint density at radius 2 is 2.24 bits per heavy atom. The summed E-state index contributed by atoms with van der Waals surface area (Å²) in [6, 6.07) is 0. The molecule has 0 aliphatic rings. The molecule has 0 aromatic carbocycles. The number of aromatic nitrogens is 2. The Morgan fingerprint density at radius 1 is 1.59 bits per heavy atom. The molecule has 0 unspecified atom stereocenters. The lowest BCUT2D eigenvalue weighted by molar-refractivity contribution is 0.0692. The highest BCUT2D eigenvalue weighted by Crippen LogP contribution is 2.11. The van der Waals surface area contributed by atoms with Crippen molar-refractivity contribution < 1.29 is 18.3 Å². The van der Waals surface area contributed by atoms with Crippen molar-refractivity contribution in [1.29, 1.82) is 0 Å². The number of hydrogen-bond donors (Lipinski definition) is 3. The van der Waals surface area contributed by atoms with Gasteiger partial charge in [-0.1, -0.05) is 11.6 Å². The van der Waals surface area contributed by atoms with Gasteiger partial charge in [0, 0.05) is 6.54 Å². The minimum absolute atomic E-state index is 0.0999. The minimum atomic E-state index is -3.88. The molecule has 94 valence electrons. The molecule has 8 heteroatoms. The molecule has 0 saturated carbocycles. The summed E-state index contributed by atoms with van der Waals surface area (Å²) in [7, 11) is -3.88. The Balaban J connectivity index is 2.94. The number of rotatable bonds is 5. The van der Waals surface area contributed by atoms with E-state index in [1.54, 1.807) is 6.08 Å². The molecule has 0 radical (unpaired) electrons. The first-order valence-corrected chi connectivity index (χ1v) is 6.22. The molecule has 17 heavy (non-hydrogen) atoms. The lowest BCUT2D eigenvalue weighted by atomic mass is 10.3. The third kappa shape index (κ3) is 3.40. The van der Waals surface area contributed by atoms with Gasteiger partial charge in [0.25, 0.3) is 10.0 Å². The molecule has 1 aromatic heterocycles. The predicted octanol–water partition coefficient (Wildman–Crippen LogP) is 0.352. The maximum absolute atomic E-state index is 11.7. The molecule has 0 fully saturated rings. The zero-order chi connectivity index (χ0) is 13.1. The molecule has 0 atom stereocenters. The van der Waals surface area contributed by atoms with Crippen molar-refractivity contribution in [2.75, 3.05) is 6.54 Å². The second-order valence-corrected chi connectivity index (χ2v) is 5.26. The van der Waals surface area contributed by atoms with E-state index in [0.29, 0.717) is 0 Å². The van der Waals surface area contributed by atoms with Gasteiger partial charge in [-0.25, -0.2) is 17.9 Å². The Bertz CT molecular complexity index is 540. The fourth-order valence-electron chi connectivity index (χ4n) is 1.06. The number of aromatic carboxylic acids is 1. The van der Waals surface area contributed by atoms with Crippen LogP contribution in [0.15, 0.2) is 22.9 Å². The van der Waals surface area contributed by atoms with Gasteiger partial charge in [0.05, 0.1) is 6.20 Å². The SMILES string of the molecule is CC(C)=CCNS(=O)(=O)c1[nH]ncc1C(=O)O. The van der Waals surface area contributed by atoms with Crippen LogP contribution in [0.1, 0.15) is 24.2 Å². The number of H-pyrrole nitrogens is 1. The number of sulfonamides is 1. The highest BCUT2D eigenvalue weighted by atomic mass is 32.2. The number of nitrogens with zero attached hydrogens (tertiary/aromatic N) is 1. The van der Waals surface area contributed by atoms with Gasteiger partial charge in [-0.3, -0.25) is 5.10 Å². The summed E-state index contributed by atoms with van der Waals surface area (Å²) in [6.07, 6.45) is 2.63. The molecular weight excluding hydrogens is 246 g/mol. The van der Waals surface area contributed by atoms with Gasteiger partial charge < -0.3 is 5.11 Å². The number of carbonyl (C=O) groups is 1. The lowest BCUT2D eigenvalue weighted by Gasteiger charge is -2.03. The van der Waals surface area contributed by atoms with E-state index in [2.05, 4.69) is 14.9 Å². The average Bonchev–Trinajstić information content (AvgIpc) is 2.65. The molecule has 7 nitrogen and oxygen atoms in total. The molecule has 1 aromatic rings. The molecule has 0 saturated heterocycles. The quantitative estimate of drug-likeness (QED) is 0.660. The molecule has 1 heterocycles. The van der Waals surface area contributed by atoms with E-state index in [4.69, 9.17) is 5.11 Å². The highest BCUT2D eigenvalue weighted by molar-refractivity contribution is 7.89. The van der Waals surface area contributed by atoms with Crippen LogP contribution in [-0.2, 0) is 10.0 Å². The second kappa shape index (κ2) is 5.11. The first-order valence-electron chi connectivity index (χ1n) is 4.74. The minimum Gasteiger partial charge on any atom is -0.478 e. The summed E-state index contributed by atoms with van der Waals surface area (Å²) >= 11 is 0. The normalized spacial score (nSPS) is 11.2. The second-order valence-electron chi connectivity index (χ2n) is 3.55. The number of carboxylic acids is 1. The van der Waals surface area contributed by atoms with E-state index in [-0.39, 0.29) is 12.1 Å². The van der Waals surface area contributed by atoms with Crippen molar-refractivity contribution >= 4 is 16.0 Å². The van der Waals surface area contributed by atoms with Gasteiger partial charge in [0.1, 0.15) is 5.56 Å². The maximum Gasteiger partial charge on any atom is 0.340 e. The molecule has 0 aliphatic heterocycles. The fourth-order valence-corrected chi connectivity index (χ4v) is 2.11. The van der Waals surface area contributed by atoms with Gasteiger partial charge >= 0.3 is 5.97 Å². The monoisotopic (exact) mass is 259 g/mol. The number of hydrogen-bond acceptors (Lipinski definition) is 4. The van der Waals surface area contributed by atoms with E-state index in [9.17, 15) is 13.2 Å². The van der Waals surface area contributed by atoms with E-state index in [1.165, 1.54) is 0 Å². The zero-order valence-corrected chi connectivity index (χ0v) is 10.2. The Labute approximate surface area is 98.6 Å². The Hall–Kier alpha value is -1.67. The number of aromatic amines is 1. The van der Waals surface area contributed by atoms with Gasteiger partial charge in [-0.15, -0.1) is 0 Å². The molecule has 0 spiro atoms. The molecule has 0 aliphatic carbocycles. The predicted molar refractivity (Wildman–Crippen MR) is 60.2 cm³/mol. The van der Waals surface area contributed by atoms with E-state index >= 15 is 0 Å². The van der Waals surface area contributed by atoms with E-state index in [0.717, 1.165) is 11.8 Å². The molecule has 0 amide bonds. The van der Waals surface area contributed by atoms with Crippen LogP contribution < -0.4 is 4.72 Å². The van der Waals surface area contributed by atoms with Crippen LogP contribution in [0, 0.1) is 0 Å². The molecular formula is C9H13N3O4S. The standard InChI is InChI=1S/C9H13N3O4S/c1-6(2)3-4-11-17(15,16)8-7(9(13)14)5-10-12-8/h3,5,11H,4H2,1-2H3,(H,10,12)(H,13,14). The van der Waals surface area contributed by atoms with Gasteiger partial charge in [-0.2, -0.15) is 5.10 Å². The molecule has 3 N–H and O–H groups in total. The van der Waals surface area contributed by atoms with Crippen molar-refractivity contribution in [2.45, 2.75) is 18.9 Å². The van der Waals surface area contributed by atoms with Crippen LogP contribution in [0.2, 0.25) is 0 Å². The van der Waals surface area contributed by atoms with E-state index in [1.807, 2.05) is 13.8 Å². The van der Waals surface area contributed by atoms with Crippen LogP contribution in [0.25, 0.3) is 0 Å². The summed E-state index contributed by atoms with van der Waals surface area (Å²) in [6.45, 7) is 3.75. The topological polar surface area (TPSA) is 112 Å². The van der Waals surface area contributed by atoms with Crippen molar-refractivity contribution in [3.05, 3.63) is 23.4 Å².